The van der Waals surface area contributed by atoms with Gasteiger partial charge in [-0.2, -0.15) is 0 Å². The smallest absolute Gasteiger partial charge is 0.184 e. The van der Waals surface area contributed by atoms with Crippen molar-refractivity contribution in [2.24, 2.45) is 0 Å². The van der Waals surface area contributed by atoms with Crippen LogP contribution in [0.3, 0.4) is 0 Å². The van der Waals surface area contributed by atoms with Crippen LogP contribution < -0.4 is 0 Å². The SMILES string of the molecule is OC[C@@H]1OC(c2ccccc2)OC[C@@H](O)[C@@H]1O. The standard InChI is InChI=1S/C12H16O5/c13-6-10-11(15)9(14)7-16-12(17-10)8-4-2-1-3-5-8/h1-5,9-15H,6-7H2/t9-,10+,11+,12?/m1/s1. The van der Waals surface area contributed by atoms with Crippen LogP contribution in [0.1, 0.15) is 11.9 Å². The summed E-state index contributed by atoms with van der Waals surface area (Å²) in [5, 5.41) is 28.3. The molecule has 1 aromatic rings. The van der Waals surface area contributed by atoms with E-state index in [1.165, 1.54) is 0 Å². The topological polar surface area (TPSA) is 79.2 Å². The number of rotatable bonds is 2. The molecule has 0 saturated carbocycles. The van der Waals surface area contributed by atoms with Crippen molar-refractivity contribution >= 4 is 0 Å². The molecular weight excluding hydrogens is 224 g/mol. The highest BCUT2D eigenvalue weighted by Crippen LogP contribution is 2.25. The molecule has 94 valence electrons. The molecule has 1 fully saturated rings. The lowest BCUT2D eigenvalue weighted by Crippen LogP contribution is -2.40. The molecule has 1 heterocycles. The van der Waals surface area contributed by atoms with Gasteiger partial charge >= 0.3 is 0 Å². The van der Waals surface area contributed by atoms with Gasteiger partial charge in [0, 0.05) is 5.56 Å². The molecule has 0 spiro atoms. The third-order valence-electron chi connectivity index (χ3n) is 2.74. The summed E-state index contributed by atoms with van der Waals surface area (Å²) < 4.78 is 10.8. The van der Waals surface area contributed by atoms with Gasteiger partial charge in [0.2, 0.25) is 0 Å². The van der Waals surface area contributed by atoms with Crippen molar-refractivity contribution in [2.45, 2.75) is 24.6 Å². The summed E-state index contributed by atoms with van der Waals surface area (Å²) in [4.78, 5) is 0. The van der Waals surface area contributed by atoms with Crippen LogP contribution in [0, 0.1) is 0 Å². The second kappa shape index (κ2) is 5.57. The second-order valence-corrected chi connectivity index (χ2v) is 3.99. The van der Waals surface area contributed by atoms with Crippen molar-refractivity contribution in [3.63, 3.8) is 0 Å². The van der Waals surface area contributed by atoms with Gasteiger partial charge in [-0.25, -0.2) is 0 Å². The molecule has 1 unspecified atom stereocenters. The molecule has 0 aromatic heterocycles. The first-order chi connectivity index (χ1) is 8.22. The zero-order valence-corrected chi connectivity index (χ0v) is 9.27. The highest BCUT2D eigenvalue weighted by atomic mass is 16.7. The molecule has 1 aliphatic heterocycles. The predicted octanol–water partition coefficient (Wildman–Crippen LogP) is -0.185. The molecule has 0 aliphatic carbocycles. The Morgan fingerprint density at radius 2 is 1.88 bits per heavy atom. The van der Waals surface area contributed by atoms with E-state index in [4.69, 9.17) is 14.6 Å². The molecule has 0 amide bonds. The van der Waals surface area contributed by atoms with E-state index in [2.05, 4.69) is 0 Å². The maximum Gasteiger partial charge on any atom is 0.184 e. The first-order valence-corrected chi connectivity index (χ1v) is 5.51. The molecule has 3 N–H and O–H groups in total. The average Bonchev–Trinajstić information content (AvgIpc) is 2.52. The summed E-state index contributed by atoms with van der Waals surface area (Å²) in [7, 11) is 0. The summed E-state index contributed by atoms with van der Waals surface area (Å²) in [5.41, 5.74) is 0.784. The van der Waals surface area contributed by atoms with Gasteiger partial charge in [-0.1, -0.05) is 30.3 Å². The number of aliphatic hydroxyl groups excluding tert-OH is 3. The van der Waals surface area contributed by atoms with Gasteiger partial charge < -0.3 is 24.8 Å². The molecule has 5 heteroatoms. The van der Waals surface area contributed by atoms with Gasteiger partial charge in [-0.15, -0.1) is 0 Å². The first-order valence-electron chi connectivity index (χ1n) is 5.51. The minimum atomic E-state index is -1.14. The van der Waals surface area contributed by atoms with E-state index in [0.29, 0.717) is 0 Å². The maximum atomic E-state index is 9.67. The second-order valence-electron chi connectivity index (χ2n) is 3.99. The van der Waals surface area contributed by atoms with Crippen LogP contribution in [0.5, 0.6) is 0 Å². The van der Waals surface area contributed by atoms with E-state index < -0.39 is 24.6 Å². The zero-order chi connectivity index (χ0) is 12.3. The summed E-state index contributed by atoms with van der Waals surface area (Å²) in [6.45, 7) is -0.401. The Bertz CT molecular complexity index is 342. The summed E-state index contributed by atoms with van der Waals surface area (Å²) >= 11 is 0. The van der Waals surface area contributed by atoms with Gasteiger partial charge in [0.25, 0.3) is 0 Å². The number of ether oxygens (including phenoxy) is 2. The van der Waals surface area contributed by atoms with E-state index in [1.54, 1.807) is 0 Å². The molecular formula is C12H16O5. The van der Waals surface area contributed by atoms with Crippen LogP contribution in [0.15, 0.2) is 30.3 Å². The summed E-state index contributed by atoms with van der Waals surface area (Å²) in [6, 6.07) is 9.20. The molecule has 1 aromatic carbocycles. The lowest BCUT2D eigenvalue weighted by Gasteiger charge is -2.22. The van der Waals surface area contributed by atoms with Crippen molar-refractivity contribution in [3.05, 3.63) is 35.9 Å². The van der Waals surface area contributed by atoms with Crippen molar-refractivity contribution in [1.29, 1.82) is 0 Å². The van der Waals surface area contributed by atoms with Gasteiger partial charge in [-0.05, 0) is 0 Å². The monoisotopic (exact) mass is 240 g/mol. The van der Waals surface area contributed by atoms with Gasteiger partial charge in [0.05, 0.1) is 13.2 Å². The van der Waals surface area contributed by atoms with Gasteiger partial charge in [0.1, 0.15) is 18.3 Å². The molecule has 1 saturated heterocycles. The number of aliphatic hydroxyl groups is 3. The minimum Gasteiger partial charge on any atom is -0.394 e. The van der Waals surface area contributed by atoms with E-state index >= 15 is 0 Å². The van der Waals surface area contributed by atoms with Crippen LogP contribution in [-0.2, 0) is 9.47 Å². The summed E-state index contributed by atoms with van der Waals surface area (Å²) in [5.74, 6) is 0. The quantitative estimate of drug-likeness (QED) is 0.668. The van der Waals surface area contributed by atoms with E-state index in [9.17, 15) is 10.2 Å². The normalized spacial score (nSPS) is 34.3. The zero-order valence-electron chi connectivity index (χ0n) is 9.27. The number of hydrogen-bond donors (Lipinski definition) is 3. The van der Waals surface area contributed by atoms with Crippen molar-refractivity contribution < 1.29 is 24.8 Å². The lowest BCUT2D eigenvalue weighted by molar-refractivity contribution is -0.178. The Labute approximate surface area is 99.2 Å². The molecule has 0 bridgehead atoms. The van der Waals surface area contributed by atoms with Crippen LogP contribution in [0.2, 0.25) is 0 Å². The Morgan fingerprint density at radius 1 is 1.18 bits per heavy atom. The van der Waals surface area contributed by atoms with Crippen molar-refractivity contribution in [3.8, 4) is 0 Å². The van der Waals surface area contributed by atoms with Crippen LogP contribution in [-0.4, -0.2) is 46.8 Å². The molecule has 2 rings (SSSR count). The fraction of sp³-hybridized carbons (Fsp3) is 0.500. The number of hydrogen-bond acceptors (Lipinski definition) is 5. The molecule has 5 nitrogen and oxygen atoms in total. The maximum absolute atomic E-state index is 9.67. The average molecular weight is 240 g/mol. The van der Waals surface area contributed by atoms with Crippen LogP contribution >= 0.6 is 0 Å². The molecule has 17 heavy (non-hydrogen) atoms. The Kier molecular flexibility index (Phi) is 4.09. The highest BCUT2D eigenvalue weighted by Gasteiger charge is 2.34. The molecule has 0 radical (unpaired) electrons. The number of benzene rings is 1. The van der Waals surface area contributed by atoms with Gasteiger partial charge in [0.15, 0.2) is 6.29 Å². The molecule has 4 atom stereocenters. The molecule has 1 aliphatic rings. The predicted molar refractivity (Wildman–Crippen MR) is 59.1 cm³/mol. The lowest BCUT2D eigenvalue weighted by atomic mass is 10.1. The third-order valence-corrected chi connectivity index (χ3v) is 2.74. The minimum absolute atomic E-state index is 0.0305. The fourth-order valence-electron chi connectivity index (χ4n) is 1.75. The first kappa shape index (κ1) is 12.5. The Hall–Kier alpha value is -0.980. The van der Waals surface area contributed by atoms with Crippen molar-refractivity contribution in [1.82, 2.24) is 0 Å². The van der Waals surface area contributed by atoms with Gasteiger partial charge in [-0.3, -0.25) is 0 Å². The Balaban J connectivity index is 2.15. The van der Waals surface area contributed by atoms with E-state index in [1.807, 2.05) is 30.3 Å². The van der Waals surface area contributed by atoms with E-state index in [-0.39, 0.29) is 13.2 Å². The largest absolute Gasteiger partial charge is 0.394 e. The fourth-order valence-corrected chi connectivity index (χ4v) is 1.75. The highest BCUT2D eigenvalue weighted by molar-refractivity contribution is 5.16. The van der Waals surface area contributed by atoms with Crippen LogP contribution in [0.4, 0.5) is 0 Å². The van der Waals surface area contributed by atoms with Crippen LogP contribution in [0.25, 0.3) is 0 Å². The summed E-state index contributed by atoms with van der Waals surface area (Å²) in [6.07, 6.45) is -3.73. The Morgan fingerprint density at radius 3 is 2.53 bits per heavy atom. The van der Waals surface area contributed by atoms with E-state index in [0.717, 1.165) is 5.56 Å². The van der Waals surface area contributed by atoms with Crippen molar-refractivity contribution in [2.75, 3.05) is 13.2 Å². The third kappa shape index (κ3) is 2.83.